The summed E-state index contributed by atoms with van der Waals surface area (Å²) < 4.78 is 6.45. The van der Waals surface area contributed by atoms with Crippen LogP contribution >= 0.6 is 15.9 Å². The molecule has 0 saturated carbocycles. The normalized spacial score (nSPS) is 10.9. The second kappa shape index (κ2) is 8.37. The summed E-state index contributed by atoms with van der Waals surface area (Å²) in [5, 5.41) is 21.1. The van der Waals surface area contributed by atoms with E-state index in [4.69, 9.17) is 9.52 Å². The van der Waals surface area contributed by atoms with Gasteiger partial charge in [-0.3, -0.25) is 4.79 Å². The summed E-state index contributed by atoms with van der Waals surface area (Å²) in [7, 11) is 0. The smallest absolute Gasteiger partial charge is 0.335 e. The minimum absolute atomic E-state index is 0.125. The predicted molar refractivity (Wildman–Crippen MR) is 107 cm³/mol. The third kappa shape index (κ3) is 4.55. The van der Waals surface area contributed by atoms with Crippen LogP contribution < -0.4 is 5.32 Å². The van der Waals surface area contributed by atoms with Gasteiger partial charge in [0.05, 0.1) is 5.56 Å². The molecule has 3 rings (SSSR count). The number of rotatable bonds is 5. The van der Waals surface area contributed by atoms with Crippen molar-refractivity contribution in [2.75, 3.05) is 5.32 Å². The maximum Gasteiger partial charge on any atom is 0.335 e. The molecular weight excluding hydrogens is 424 g/mol. The van der Waals surface area contributed by atoms with Gasteiger partial charge >= 0.3 is 5.97 Å². The maximum atomic E-state index is 12.3. The molecule has 6 nitrogen and oxygen atoms in total. The summed E-state index contributed by atoms with van der Waals surface area (Å²) in [6.07, 6.45) is 1.33. The molecule has 0 aliphatic rings. The zero-order valence-corrected chi connectivity index (χ0v) is 15.9. The fourth-order valence-electron chi connectivity index (χ4n) is 2.45. The lowest BCUT2D eigenvalue weighted by atomic mass is 10.1. The van der Waals surface area contributed by atoms with Crippen LogP contribution in [0.25, 0.3) is 17.4 Å². The lowest BCUT2D eigenvalue weighted by Gasteiger charge is -2.04. The van der Waals surface area contributed by atoms with Crippen LogP contribution in [0.2, 0.25) is 0 Å². The number of carboxylic acids is 1. The molecular formula is C21H13BrN2O4. The number of halogens is 1. The molecule has 0 aliphatic carbocycles. The van der Waals surface area contributed by atoms with E-state index in [0.29, 0.717) is 22.8 Å². The summed E-state index contributed by atoms with van der Waals surface area (Å²) in [5.41, 5.74) is 1.14. The molecule has 2 N–H and O–H groups in total. The fraction of sp³-hybridized carbons (Fsp3) is 0. The highest BCUT2D eigenvalue weighted by molar-refractivity contribution is 9.10. The zero-order valence-electron chi connectivity index (χ0n) is 14.3. The first-order valence-corrected chi connectivity index (χ1v) is 8.88. The number of carboxylic acid groups (broad SMARTS) is 1. The van der Waals surface area contributed by atoms with E-state index < -0.39 is 11.9 Å². The van der Waals surface area contributed by atoms with Gasteiger partial charge in [-0.1, -0.05) is 34.1 Å². The van der Waals surface area contributed by atoms with Gasteiger partial charge in [-0.2, -0.15) is 5.26 Å². The number of hydrogen-bond donors (Lipinski definition) is 2. The standard InChI is InChI=1S/C21H13BrN2O4/c22-16-5-2-6-17(11-16)24-20(25)15(12-23)10-18-7-8-19(28-18)13-3-1-4-14(9-13)21(26)27/h1-11H,(H,24,25)(H,26,27)/b15-10+. The van der Waals surface area contributed by atoms with Crippen molar-refractivity contribution in [2.45, 2.75) is 0 Å². The second-order valence-corrected chi connectivity index (χ2v) is 6.64. The number of furan rings is 1. The Kier molecular flexibility index (Phi) is 5.72. The molecule has 0 atom stereocenters. The fourth-order valence-corrected chi connectivity index (χ4v) is 2.85. The summed E-state index contributed by atoms with van der Waals surface area (Å²) in [5.74, 6) is -0.869. The van der Waals surface area contributed by atoms with Crippen LogP contribution in [0.1, 0.15) is 16.1 Å². The Balaban J connectivity index is 1.82. The number of carbonyl (C=O) groups is 2. The first kappa shape index (κ1) is 19.1. The van der Waals surface area contributed by atoms with E-state index in [1.54, 1.807) is 42.5 Å². The molecule has 0 radical (unpaired) electrons. The van der Waals surface area contributed by atoms with Crippen LogP contribution in [0.4, 0.5) is 5.69 Å². The van der Waals surface area contributed by atoms with Crippen molar-refractivity contribution in [1.29, 1.82) is 5.26 Å². The number of anilines is 1. The van der Waals surface area contributed by atoms with Crippen LogP contribution in [0.15, 0.2) is 75.1 Å². The molecule has 3 aromatic rings. The van der Waals surface area contributed by atoms with Crippen molar-refractivity contribution >= 4 is 39.6 Å². The van der Waals surface area contributed by atoms with Gasteiger partial charge in [0.25, 0.3) is 5.91 Å². The molecule has 7 heteroatoms. The van der Waals surface area contributed by atoms with E-state index in [-0.39, 0.29) is 11.1 Å². The van der Waals surface area contributed by atoms with Crippen LogP contribution in [0, 0.1) is 11.3 Å². The molecule has 1 amide bonds. The van der Waals surface area contributed by atoms with E-state index in [1.807, 2.05) is 12.1 Å². The summed E-state index contributed by atoms with van der Waals surface area (Å²) in [6, 6.07) is 18.4. The average molecular weight is 437 g/mol. The number of nitriles is 1. The van der Waals surface area contributed by atoms with Gasteiger partial charge in [-0.25, -0.2) is 4.79 Å². The summed E-state index contributed by atoms with van der Waals surface area (Å²) >= 11 is 3.32. The van der Waals surface area contributed by atoms with E-state index >= 15 is 0 Å². The van der Waals surface area contributed by atoms with Gasteiger partial charge in [0.15, 0.2) is 0 Å². The number of benzene rings is 2. The number of amides is 1. The maximum absolute atomic E-state index is 12.3. The van der Waals surface area contributed by atoms with Crippen LogP contribution in [0.5, 0.6) is 0 Å². The molecule has 0 fully saturated rings. The Labute approximate surface area is 168 Å². The number of nitrogens with zero attached hydrogens (tertiary/aromatic N) is 1. The first-order valence-electron chi connectivity index (χ1n) is 8.08. The number of aromatic carboxylic acids is 1. The van der Waals surface area contributed by atoms with Gasteiger partial charge < -0.3 is 14.8 Å². The highest BCUT2D eigenvalue weighted by atomic mass is 79.9. The number of hydrogen-bond acceptors (Lipinski definition) is 4. The Bertz CT molecular complexity index is 1130. The first-order chi connectivity index (χ1) is 13.5. The van der Waals surface area contributed by atoms with Gasteiger partial charge in [0.1, 0.15) is 23.2 Å². The number of carbonyl (C=O) groups excluding carboxylic acids is 1. The SMILES string of the molecule is N#C/C(=C\c1ccc(-c2cccc(C(=O)O)c2)o1)C(=O)Nc1cccc(Br)c1. The van der Waals surface area contributed by atoms with Crippen LogP contribution in [-0.2, 0) is 4.79 Å². The van der Waals surface area contributed by atoms with Gasteiger partial charge in [0.2, 0.25) is 0 Å². The van der Waals surface area contributed by atoms with E-state index in [0.717, 1.165) is 4.47 Å². The van der Waals surface area contributed by atoms with E-state index in [1.165, 1.54) is 18.2 Å². The molecule has 0 spiro atoms. The van der Waals surface area contributed by atoms with Crippen molar-refractivity contribution in [3.8, 4) is 17.4 Å². The quantitative estimate of drug-likeness (QED) is 0.434. The molecule has 138 valence electrons. The van der Waals surface area contributed by atoms with Crippen molar-refractivity contribution in [2.24, 2.45) is 0 Å². The Morgan fingerprint density at radius 1 is 1.11 bits per heavy atom. The minimum Gasteiger partial charge on any atom is -0.478 e. The van der Waals surface area contributed by atoms with Gasteiger partial charge in [0, 0.05) is 21.8 Å². The topological polar surface area (TPSA) is 103 Å². The van der Waals surface area contributed by atoms with Gasteiger partial charge in [-0.05, 0) is 42.5 Å². The molecule has 1 heterocycles. The van der Waals surface area contributed by atoms with E-state index in [2.05, 4.69) is 21.2 Å². The van der Waals surface area contributed by atoms with Crippen LogP contribution in [-0.4, -0.2) is 17.0 Å². The van der Waals surface area contributed by atoms with Gasteiger partial charge in [-0.15, -0.1) is 0 Å². The molecule has 0 unspecified atom stereocenters. The third-order valence-corrected chi connectivity index (χ3v) is 4.25. The highest BCUT2D eigenvalue weighted by Gasteiger charge is 2.12. The Hall–Kier alpha value is -3.63. The van der Waals surface area contributed by atoms with Crippen molar-refractivity contribution in [3.63, 3.8) is 0 Å². The van der Waals surface area contributed by atoms with Crippen molar-refractivity contribution in [3.05, 3.63) is 82.0 Å². The largest absolute Gasteiger partial charge is 0.478 e. The van der Waals surface area contributed by atoms with Crippen LogP contribution in [0.3, 0.4) is 0 Å². The monoisotopic (exact) mass is 436 g/mol. The van der Waals surface area contributed by atoms with E-state index in [9.17, 15) is 14.9 Å². The summed E-state index contributed by atoms with van der Waals surface area (Å²) in [6.45, 7) is 0. The van der Waals surface area contributed by atoms with Crippen molar-refractivity contribution in [1.82, 2.24) is 0 Å². The second-order valence-electron chi connectivity index (χ2n) is 5.72. The highest BCUT2D eigenvalue weighted by Crippen LogP contribution is 2.25. The Morgan fingerprint density at radius 3 is 2.61 bits per heavy atom. The minimum atomic E-state index is -1.04. The van der Waals surface area contributed by atoms with Crippen molar-refractivity contribution < 1.29 is 19.1 Å². The molecule has 0 bridgehead atoms. The third-order valence-electron chi connectivity index (χ3n) is 3.75. The molecule has 0 saturated heterocycles. The zero-order chi connectivity index (χ0) is 20.1. The molecule has 28 heavy (non-hydrogen) atoms. The Morgan fingerprint density at radius 2 is 1.89 bits per heavy atom. The molecule has 1 aromatic heterocycles. The lowest BCUT2D eigenvalue weighted by Crippen LogP contribution is -2.13. The summed E-state index contributed by atoms with van der Waals surface area (Å²) in [4.78, 5) is 23.4. The molecule has 2 aromatic carbocycles. The average Bonchev–Trinajstić information content (AvgIpc) is 3.15. The lowest BCUT2D eigenvalue weighted by molar-refractivity contribution is -0.112. The molecule has 0 aliphatic heterocycles. The predicted octanol–water partition coefficient (Wildman–Crippen LogP) is 4.95. The number of nitrogens with one attached hydrogen (secondary N) is 1.